The summed E-state index contributed by atoms with van der Waals surface area (Å²) in [5, 5.41) is 0. The van der Waals surface area contributed by atoms with Crippen LogP contribution >= 0.6 is 0 Å². The van der Waals surface area contributed by atoms with Gasteiger partial charge in [-0.25, -0.2) is 0 Å². The van der Waals surface area contributed by atoms with Crippen LogP contribution in [0.4, 0.5) is 52.7 Å². The first-order valence-electron chi connectivity index (χ1n) is 6.04. The van der Waals surface area contributed by atoms with Crippen LogP contribution in [0.1, 0.15) is 12.8 Å². The molecule has 0 rings (SSSR count). The van der Waals surface area contributed by atoms with Crippen LogP contribution in [0, 0.1) is 0 Å². The van der Waals surface area contributed by atoms with Crippen molar-refractivity contribution < 1.29 is 52.7 Å². The van der Waals surface area contributed by atoms with E-state index in [1.165, 1.54) is 0 Å². The summed E-state index contributed by atoms with van der Waals surface area (Å²) < 4.78 is 157. The Labute approximate surface area is 127 Å². The van der Waals surface area contributed by atoms with Crippen molar-refractivity contribution in [2.24, 2.45) is 11.5 Å². The molecule has 0 saturated heterocycles. The SMILES string of the molecule is NCCC(F)(F)C(F)(F)C(F)(F)C(F)(F)C(F)(F)C(F)(F)CCN. The predicted octanol–water partition coefficient (Wildman–Crippen LogP) is 3.50. The Balaban J connectivity index is 6.16. The van der Waals surface area contributed by atoms with Gasteiger partial charge >= 0.3 is 35.5 Å². The van der Waals surface area contributed by atoms with Crippen LogP contribution in [0.25, 0.3) is 0 Å². The summed E-state index contributed by atoms with van der Waals surface area (Å²) in [6.07, 6.45) is -4.56. The standard InChI is InChI=1S/C10H12F12N2/c11-5(12,1-3-23)7(15,16)9(19,20)10(21,22)8(17,18)6(13,14)2-4-24/h1-4,23-24H2. The molecule has 0 aliphatic carbocycles. The molecule has 0 radical (unpaired) electrons. The van der Waals surface area contributed by atoms with Gasteiger partial charge in [0.2, 0.25) is 0 Å². The first kappa shape index (κ1) is 23.1. The molecule has 4 N–H and O–H groups in total. The average Bonchev–Trinajstić information content (AvgIpc) is 2.37. The number of hydrogen-bond acceptors (Lipinski definition) is 2. The van der Waals surface area contributed by atoms with Gasteiger partial charge in [0.05, 0.1) is 0 Å². The Kier molecular flexibility index (Phi) is 6.18. The minimum absolute atomic E-state index is 1.40. The third kappa shape index (κ3) is 3.13. The van der Waals surface area contributed by atoms with E-state index in [0.29, 0.717) is 0 Å². The van der Waals surface area contributed by atoms with Crippen LogP contribution in [-0.4, -0.2) is 48.6 Å². The number of hydrogen-bond donors (Lipinski definition) is 2. The molecule has 0 aromatic carbocycles. The predicted molar refractivity (Wildman–Crippen MR) is 57.0 cm³/mol. The zero-order valence-electron chi connectivity index (χ0n) is 11.5. The lowest BCUT2D eigenvalue weighted by Crippen LogP contribution is -2.70. The smallest absolute Gasteiger partial charge is 0.330 e. The molecule has 2 nitrogen and oxygen atoms in total. The lowest BCUT2D eigenvalue weighted by molar-refractivity contribution is -0.425. The van der Waals surface area contributed by atoms with Gasteiger partial charge < -0.3 is 11.5 Å². The van der Waals surface area contributed by atoms with Crippen molar-refractivity contribution in [3.63, 3.8) is 0 Å². The molecular formula is C10H12F12N2. The first-order chi connectivity index (χ1) is 10.4. The summed E-state index contributed by atoms with van der Waals surface area (Å²) in [5.74, 6) is -41.2. The lowest BCUT2D eigenvalue weighted by atomic mass is 9.89. The number of alkyl halides is 12. The molecule has 0 aliphatic heterocycles. The van der Waals surface area contributed by atoms with Gasteiger partial charge in [-0.3, -0.25) is 0 Å². The van der Waals surface area contributed by atoms with Crippen molar-refractivity contribution in [1.82, 2.24) is 0 Å². The van der Waals surface area contributed by atoms with Gasteiger partial charge in [-0.15, -0.1) is 0 Å². The summed E-state index contributed by atoms with van der Waals surface area (Å²) >= 11 is 0. The number of nitrogens with two attached hydrogens (primary N) is 2. The van der Waals surface area contributed by atoms with Crippen LogP contribution in [-0.2, 0) is 0 Å². The molecule has 0 bridgehead atoms. The molecule has 24 heavy (non-hydrogen) atoms. The van der Waals surface area contributed by atoms with E-state index in [0.717, 1.165) is 0 Å². The molecule has 0 spiro atoms. The van der Waals surface area contributed by atoms with Crippen molar-refractivity contribution in [3.8, 4) is 0 Å². The molecule has 14 heteroatoms. The molecule has 0 fully saturated rings. The van der Waals surface area contributed by atoms with Crippen LogP contribution in [0.15, 0.2) is 0 Å². The Bertz CT molecular complexity index is 394. The van der Waals surface area contributed by atoms with Gasteiger partial charge in [-0.05, 0) is 13.1 Å². The van der Waals surface area contributed by atoms with E-state index in [2.05, 4.69) is 11.5 Å². The van der Waals surface area contributed by atoms with Crippen LogP contribution in [0.2, 0.25) is 0 Å². The van der Waals surface area contributed by atoms with Gasteiger partial charge in [0.25, 0.3) is 0 Å². The minimum atomic E-state index is -7.53. The van der Waals surface area contributed by atoms with Gasteiger partial charge in [-0.1, -0.05) is 0 Å². The summed E-state index contributed by atoms with van der Waals surface area (Å²) in [7, 11) is 0. The van der Waals surface area contributed by atoms with Crippen molar-refractivity contribution in [1.29, 1.82) is 0 Å². The minimum Gasteiger partial charge on any atom is -0.330 e. The second-order valence-corrected chi connectivity index (χ2v) is 4.78. The summed E-state index contributed by atoms with van der Waals surface area (Å²) in [5.41, 5.74) is 8.86. The van der Waals surface area contributed by atoms with Crippen molar-refractivity contribution in [3.05, 3.63) is 0 Å². The molecule has 0 aliphatic rings. The third-order valence-electron chi connectivity index (χ3n) is 3.02. The zero-order chi connectivity index (χ0) is 19.8. The van der Waals surface area contributed by atoms with Crippen molar-refractivity contribution in [2.75, 3.05) is 13.1 Å². The maximum atomic E-state index is 13.2. The largest absolute Gasteiger partial charge is 0.384 e. The lowest BCUT2D eigenvalue weighted by Gasteiger charge is -2.41. The second-order valence-electron chi connectivity index (χ2n) is 4.78. The molecule has 0 aromatic heterocycles. The topological polar surface area (TPSA) is 52.0 Å². The van der Waals surface area contributed by atoms with E-state index < -0.39 is 61.5 Å². The van der Waals surface area contributed by atoms with Crippen LogP contribution < -0.4 is 11.5 Å². The maximum Gasteiger partial charge on any atom is 0.384 e. The third-order valence-corrected chi connectivity index (χ3v) is 3.02. The summed E-state index contributed by atoms with van der Waals surface area (Å²) in [4.78, 5) is 0. The molecule has 0 heterocycles. The molecule has 146 valence electrons. The fraction of sp³-hybridized carbons (Fsp3) is 1.00. The van der Waals surface area contributed by atoms with Crippen molar-refractivity contribution in [2.45, 2.75) is 48.4 Å². The van der Waals surface area contributed by atoms with Crippen LogP contribution in [0.5, 0.6) is 0 Å². The fourth-order valence-electron chi connectivity index (χ4n) is 1.53. The molecule has 0 aromatic rings. The summed E-state index contributed by atoms with van der Waals surface area (Å²) in [6.45, 7) is -2.80. The van der Waals surface area contributed by atoms with E-state index in [4.69, 9.17) is 0 Å². The Morgan fingerprint density at radius 1 is 0.417 bits per heavy atom. The average molecular weight is 388 g/mol. The zero-order valence-corrected chi connectivity index (χ0v) is 11.5. The van der Waals surface area contributed by atoms with Gasteiger partial charge in [0, 0.05) is 12.8 Å². The van der Waals surface area contributed by atoms with Gasteiger partial charge in [0.1, 0.15) is 0 Å². The highest BCUT2D eigenvalue weighted by Gasteiger charge is 2.89. The molecule has 0 saturated carbocycles. The Morgan fingerprint density at radius 2 is 0.625 bits per heavy atom. The highest BCUT2D eigenvalue weighted by Crippen LogP contribution is 2.60. The molecule has 0 unspecified atom stereocenters. The Hall–Kier alpha value is -0.920. The highest BCUT2D eigenvalue weighted by molar-refractivity contribution is 5.11. The number of rotatable bonds is 9. The maximum absolute atomic E-state index is 13.2. The molecular weight excluding hydrogens is 376 g/mol. The summed E-state index contributed by atoms with van der Waals surface area (Å²) in [6, 6.07) is 0. The second kappa shape index (κ2) is 6.42. The van der Waals surface area contributed by atoms with Gasteiger partial charge in [0.15, 0.2) is 0 Å². The van der Waals surface area contributed by atoms with Crippen LogP contribution in [0.3, 0.4) is 0 Å². The Morgan fingerprint density at radius 3 is 0.792 bits per heavy atom. The first-order valence-corrected chi connectivity index (χ1v) is 6.04. The monoisotopic (exact) mass is 388 g/mol. The van der Waals surface area contributed by atoms with Crippen molar-refractivity contribution >= 4 is 0 Å². The molecule has 0 amide bonds. The van der Waals surface area contributed by atoms with E-state index >= 15 is 0 Å². The highest BCUT2D eigenvalue weighted by atomic mass is 19.4. The van der Waals surface area contributed by atoms with E-state index in [9.17, 15) is 52.7 Å². The van der Waals surface area contributed by atoms with E-state index in [-0.39, 0.29) is 0 Å². The fourth-order valence-corrected chi connectivity index (χ4v) is 1.53. The quantitative estimate of drug-likeness (QED) is 0.595. The van der Waals surface area contributed by atoms with E-state index in [1.54, 1.807) is 0 Å². The van der Waals surface area contributed by atoms with Gasteiger partial charge in [-0.2, -0.15) is 52.7 Å². The number of halogens is 12. The molecule has 0 atom stereocenters. The van der Waals surface area contributed by atoms with E-state index in [1.807, 2.05) is 0 Å². The normalized spacial score (nSPS) is 15.8.